The molecule has 2 aromatic rings. The summed E-state index contributed by atoms with van der Waals surface area (Å²) < 4.78 is 37.5. The Morgan fingerprint density at radius 2 is 1.69 bits per heavy atom. The van der Waals surface area contributed by atoms with E-state index in [0.717, 1.165) is 5.56 Å². The average Bonchev–Trinajstić information content (AvgIpc) is 3.02. The maximum Gasteiger partial charge on any atom is 0.312 e. The average molecular weight is 598 g/mol. The van der Waals surface area contributed by atoms with E-state index in [1.807, 2.05) is 26.0 Å². The van der Waals surface area contributed by atoms with Crippen molar-refractivity contribution in [1.82, 2.24) is 5.32 Å². The molecule has 42 heavy (non-hydrogen) atoms. The van der Waals surface area contributed by atoms with Crippen LogP contribution in [-0.2, 0) is 30.7 Å². The van der Waals surface area contributed by atoms with Gasteiger partial charge in [-0.15, -0.1) is 0 Å². The molecule has 1 heterocycles. The standard InChI is InChI=1S/C31H39N3O7S/c1-4-40-29(37)30-11-14-31(15-12-30,16-13-30)33-27(35)22-7-10-26-25(17-22)34(28(36)24(32)19-42(26,38)39)18-21-5-8-23(9-6-21)41-20(2)3/h5-10,17,20,24H,4,11-16,18-19,32H2,1-3H3,(H,33,35)/t24-,30?,31?/m0/s1. The molecule has 0 aromatic heterocycles. The van der Waals surface area contributed by atoms with E-state index in [9.17, 15) is 22.8 Å². The number of nitrogens with one attached hydrogen (secondary N) is 1. The summed E-state index contributed by atoms with van der Waals surface area (Å²) in [5, 5.41) is 3.19. The number of ether oxygens (including phenoxy) is 2. The maximum atomic E-state index is 13.6. The molecule has 3 aliphatic carbocycles. The van der Waals surface area contributed by atoms with Gasteiger partial charge in [-0.1, -0.05) is 12.1 Å². The molecule has 6 rings (SSSR count). The number of esters is 1. The molecule has 226 valence electrons. The first-order chi connectivity index (χ1) is 19.9. The number of sulfone groups is 1. The van der Waals surface area contributed by atoms with E-state index in [1.165, 1.54) is 23.1 Å². The van der Waals surface area contributed by atoms with Crippen LogP contribution in [0.1, 0.15) is 75.2 Å². The molecule has 2 amide bonds. The van der Waals surface area contributed by atoms with Gasteiger partial charge in [-0.2, -0.15) is 0 Å². The quantitative estimate of drug-likeness (QED) is 0.440. The number of hydrogen-bond acceptors (Lipinski definition) is 8. The van der Waals surface area contributed by atoms with Crippen LogP contribution in [0.5, 0.6) is 5.75 Å². The van der Waals surface area contributed by atoms with Gasteiger partial charge in [0, 0.05) is 11.1 Å². The Balaban J connectivity index is 1.41. The number of rotatable bonds is 8. The zero-order valence-electron chi connectivity index (χ0n) is 24.4. The number of benzene rings is 2. The molecule has 2 bridgehead atoms. The Bertz CT molecular complexity index is 1460. The second-order valence-corrected chi connectivity index (χ2v) is 14.0. The molecule has 0 radical (unpaired) electrons. The third-order valence-electron chi connectivity index (χ3n) is 8.80. The normalized spacial score (nSPS) is 26.4. The summed E-state index contributed by atoms with van der Waals surface area (Å²) in [7, 11) is -3.89. The highest BCUT2D eigenvalue weighted by Gasteiger charge is 2.53. The monoisotopic (exact) mass is 597 g/mol. The fraction of sp³-hybridized carbons (Fsp3) is 0.516. The number of hydrogen-bond donors (Lipinski definition) is 2. The number of fused-ring (bicyclic) bond motifs is 4. The topological polar surface area (TPSA) is 145 Å². The van der Waals surface area contributed by atoms with Crippen LogP contribution in [0, 0.1) is 5.41 Å². The SMILES string of the molecule is CCOC(=O)C12CCC(NC(=O)c3ccc4c(c3)N(Cc3ccc(OC(C)C)cc3)C(=O)[C@@H](N)CS4(=O)=O)(CC1)CC2. The van der Waals surface area contributed by atoms with E-state index in [1.54, 1.807) is 19.1 Å². The highest BCUT2D eigenvalue weighted by Crippen LogP contribution is 2.53. The lowest BCUT2D eigenvalue weighted by Gasteiger charge is -2.52. The predicted molar refractivity (Wildman–Crippen MR) is 157 cm³/mol. The van der Waals surface area contributed by atoms with Gasteiger partial charge in [-0.05, 0) is 95.2 Å². The van der Waals surface area contributed by atoms with Gasteiger partial charge < -0.3 is 25.4 Å². The van der Waals surface area contributed by atoms with Crippen LogP contribution in [0.2, 0.25) is 0 Å². The Morgan fingerprint density at radius 3 is 2.29 bits per heavy atom. The second kappa shape index (κ2) is 11.3. The summed E-state index contributed by atoms with van der Waals surface area (Å²) in [5.41, 5.74) is 6.28. The largest absolute Gasteiger partial charge is 0.491 e. The zero-order chi connectivity index (χ0) is 30.3. The summed E-state index contributed by atoms with van der Waals surface area (Å²) in [6.07, 6.45) is 3.93. The first-order valence-electron chi connectivity index (χ1n) is 14.6. The summed E-state index contributed by atoms with van der Waals surface area (Å²) in [4.78, 5) is 40.9. The Hall–Kier alpha value is -3.44. The van der Waals surface area contributed by atoms with Crippen molar-refractivity contribution in [3.8, 4) is 5.75 Å². The number of amides is 2. The lowest BCUT2D eigenvalue weighted by Crippen LogP contribution is -2.58. The summed E-state index contributed by atoms with van der Waals surface area (Å²) in [6, 6.07) is 10.3. The van der Waals surface area contributed by atoms with Gasteiger partial charge in [0.15, 0.2) is 9.84 Å². The number of carbonyl (C=O) groups excluding carboxylic acids is 3. The van der Waals surface area contributed by atoms with Crippen LogP contribution in [0.25, 0.3) is 0 Å². The highest BCUT2D eigenvalue weighted by molar-refractivity contribution is 7.91. The molecule has 0 spiro atoms. The van der Waals surface area contributed by atoms with Crippen molar-refractivity contribution in [2.24, 2.45) is 11.1 Å². The number of nitrogens with two attached hydrogens (primary N) is 1. The molecule has 0 saturated heterocycles. The highest BCUT2D eigenvalue weighted by atomic mass is 32.2. The summed E-state index contributed by atoms with van der Waals surface area (Å²) >= 11 is 0. The van der Waals surface area contributed by atoms with Gasteiger partial charge in [-0.3, -0.25) is 14.4 Å². The summed E-state index contributed by atoms with van der Waals surface area (Å²) in [6.45, 7) is 6.07. The van der Waals surface area contributed by atoms with Crippen molar-refractivity contribution in [3.63, 3.8) is 0 Å². The number of anilines is 1. The minimum absolute atomic E-state index is 0.00422. The van der Waals surface area contributed by atoms with E-state index in [4.69, 9.17) is 15.2 Å². The lowest BCUT2D eigenvalue weighted by atomic mass is 9.57. The van der Waals surface area contributed by atoms with Crippen LogP contribution < -0.4 is 20.7 Å². The molecule has 11 heteroatoms. The third-order valence-corrected chi connectivity index (χ3v) is 10.6. The predicted octanol–water partition coefficient (Wildman–Crippen LogP) is 3.51. The second-order valence-electron chi connectivity index (χ2n) is 12.0. The Labute approximate surface area is 246 Å². The third kappa shape index (κ3) is 5.76. The minimum Gasteiger partial charge on any atom is -0.491 e. The van der Waals surface area contributed by atoms with Gasteiger partial charge >= 0.3 is 5.97 Å². The molecule has 3 fully saturated rings. The molecule has 1 atom stereocenters. The summed E-state index contributed by atoms with van der Waals surface area (Å²) in [5.74, 6) is -0.879. The van der Waals surface area contributed by atoms with Gasteiger partial charge in [0.1, 0.15) is 5.75 Å². The molecular weight excluding hydrogens is 558 g/mol. The fourth-order valence-electron chi connectivity index (χ4n) is 6.42. The Kier molecular flexibility index (Phi) is 8.10. The molecule has 4 aliphatic rings. The van der Waals surface area contributed by atoms with Crippen LogP contribution in [-0.4, -0.2) is 56.2 Å². The van der Waals surface area contributed by atoms with Gasteiger partial charge in [-0.25, -0.2) is 8.42 Å². The Morgan fingerprint density at radius 1 is 1.05 bits per heavy atom. The lowest BCUT2D eigenvalue weighted by molar-refractivity contribution is -0.163. The smallest absolute Gasteiger partial charge is 0.312 e. The minimum atomic E-state index is -3.89. The van der Waals surface area contributed by atoms with E-state index >= 15 is 0 Å². The van der Waals surface area contributed by atoms with Gasteiger partial charge in [0.25, 0.3) is 5.91 Å². The van der Waals surface area contributed by atoms with Gasteiger partial charge in [0.05, 0.1) is 47.0 Å². The first-order valence-corrected chi connectivity index (χ1v) is 16.2. The van der Waals surface area contributed by atoms with E-state index in [-0.39, 0.29) is 40.7 Å². The van der Waals surface area contributed by atoms with Crippen LogP contribution >= 0.6 is 0 Å². The zero-order valence-corrected chi connectivity index (χ0v) is 25.2. The molecule has 0 unspecified atom stereocenters. The number of carbonyl (C=O) groups is 3. The molecule has 3 saturated carbocycles. The van der Waals surface area contributed by atoms with E-state index in [2.05, 4.69) is 5.32 Å². The van der Waals surface area contributed by atoms with Crippen molar-refractivity contribution in [2.75, 3.05) is 17.3 Å². The van der Waals surface area contributed by atoms with Gasteiger partial charge in [0.2, 0.25) is 5.91 Å². The van der Waals surface area contributed by atoms with Crippen LogP contribution in [0.15, 0.2) is 47.4 Å². The molecular formula is C31H39N3O7S. The van der Waals surface area contributed by atoms with E-state index in [0.29, 0.717) is 50.9 Å². The molecule has 1 aliphatic heterocycles. The molecule has 2 aromatic carbocycles. The fourth-order valence-corrected chi connectivity index (χ4v) is 7.97. The van der Waals surface area contributed by atoms with Crippen molar-refractivity contribution in [2.45, 2.75) is 88.4 Å². The number of nitrogens with zero attached hydrogens (tertiary/aromatic N) is 1. The maximum absolute atomic E-state index is 13.6. The van der Waals surface area contributed by atoms with Crippen molar-refractivity contribution in [3.05, 3.63) is 53.6 Å². The molecule has 10 nitrogen and oxygen atoms in total. The van der Waals surface area contributed by atoms with Crippen molar-refractivity contribution < 1.29 is 32.3 Å². The molecule has 3 N–H and O–H groups in total. The van der Waals surface area contributed by atoms with Crippen LogP contribution in [0.3, 0.4) is 0 Å². The van der Waals surface area contributed by atoms with Crippen LogP contribution in [0.4, 0.5) is 5.69 Å². The van der Waals surface area contributed by atoms with E-state index < -0.39 is 38.5 Å². The van der Waals surface area contributed by atoms with Crippen molar-refractivity contribution in [1.29, 1.82) is 0 Å². The van der Waals surface area contributed by atoms with Crippen molar-refractivity contribution >= 4 is 33.3 Å². The first kappa shape index (κ1) is 30.0.